The molecule has 0 spiro atoms. The second-order valence-electron chi connectivity index (χ2n) is 5.14. The second kappa shape index (κ2) is 4.92. The van der Waals surface area contributed by atoms with Crippen LogP contribution in [-0.2, 0) is 6.42 Å². The zero-order valence-electron chi connectivity index (χ0n) is 10.7. The van der Waals surface area contributed by atoms with Gasteiger partial charge < -0.3 is 10.6 Å². The van der Waals surface area contributed by atoms with E-state index >= 15 is 0 Å². The Balaban J connectivity index is 1.45. The summed E-state index contributed by atoms with van der Waals surface area (Å²) < 4.78 is 0. The van der Waals surface area contributed by atoms with Gasteiger partial charge in [-0.25, -0.2) is 9.97 Å². The predicted molar refractivity (Wildman–Crippen MR) is 70.6 cm³/mol. The standard InChI is InChI=1S/C13H19N5/c1-9-6-17-13(18-9)14-5-4-10-7-15-12(16-8-10)11-2-3-11/h7-9,11H,2-6H2,1H3,(H2,14,17,18). The predicted octanol–water partition coefficient (Wildman–Crippen LogP) is 0.834. The Kier molecular flexibility index (Phi) is 3.13. The van der Waals surface area contributed by atoms with Crippen molar-refractivity contribution < 1.29 is 0 Å². The van der Waals surface area contributed by atoms with E-state index in [0.29, 0.717) is 12.0 Å². The Labute approximate surface area is 107 Å². The van der Waals surface area contributed by atoms with Crippen LogP contribution in [0.1, 0.15) is 37.1 Å². The van der Waals surface area contributed by atoms with E-state index in [1.807, 2.05) is 12.4 Å². The largest absolute Gasteiger partial charge is 0.356 e. The molecule has 0 saturated heterocycles. The molecule has 2 N–H and O–H groups in total. The molecule has 5 nitrogen and oxygen atoms in total. The Morgan fingerprint density at radius 3 is 2.72 bits per heavy atom. The average Bonchev–Trinajstić information content (AvgIpc) is 3.15. The maximum absolute atomic E-state index is 4.42. The van der Waals surface area contributed by atoms with Gasteiger partial charge in [0.25, 0.3) is 0 Å². The molecule has 0 amide bonds. The van der Waals surface area contributed by atoms with Gasteiger partial charge in [0.2, 0.25) is 0 Å². The lowest BCUT2D eigenvalue weighted by molar-refractivity contribution is 0.712. The summed E-state index contributed by atoms with van der Waals surface area (Å²) in [6.45, 7) is 3.86. The highest BCUT2D eigenvalue weighted by Gasteiger charge is 2.25. The maximum Gasteiger partial charge on any atom is 0.191 e. The molecule has 0 aromatic carbocycles. The van der Waals surface area contributed by atoms with E-state index in [-0.39, 0.29) is 0 Å². The first kappa shape index (κ1) is 11.4. The van der Waals surface area contributed by atoms with Crippen LogP contribution < -0.4 is 10.6 Å². The molecular formula is C13H19N5. The van der Waals surface area contributed by atoms with Crippen molar-refractivity contribution in [1.29, 1.82) is 0 Å². The zero-order chi connectivity index (χ0) is 12.4. The van der Waals surface area contributed by atoms with Crippen LogP contribution in [-0.4, -0.2) is 35.1 Å². The van der Waals surface area contributed by atoms with E-state index in [1.54, 1.807) is 0 Å². The molecule has 0 bridgehead atoms. The molecule has 1 fully saturated rings. The number of aromatic nitrogens is 2. The molecular weight excluding hydrogens is 226 g/mol. The van der Waals surface area contributed by atoms with Crippen molar-refractivity contribution in [2.75, 3.05) is 13.1 Å². The number of nitrogens with one attached hydrogen (secondary N) is 2. The molecule has 5 heteroatoms. The minimum absolute atomic E-state index is 0.452. The molecule has 1 atom stereocenters. The van der Waals surface area contributed by atoms with Gasteiger partial charge in [0, 0.05) is 30.9 Å². The fraction of sp³-hybridized carbons (Fsp3) is 0.615. The third kappa shape index (κ3) is 2.78. The summed E-state index contributed by atoms with van der Waals surface area (Å²) in [5.74, 6) is 2.57. The number of guanidine groups is 1. The molecule has 1 unspecified atom stereocenters. The average molecular weight is 245 g/mol. The summed E-state index contributed by atoms with van der Waals surface area (Å²) in [6, 6.07) is 0.452. The summed E-state index contributed by atoms with van der Waals surface area (Å²) >= 11 is 0. The lowest BCUT2D eigenvalue weighted by Gasteiger charge is -2.08. The molecule has 18 heavy (non-hydrogen) atoms. The van der Waals surface area contributed by atoms with Crippen LogP contribution in [0.5, 0.6) is 0 Å². The highest BCUT2D eigenvalue weighted by molar-refractivity contribution is 5.81. The van der Waals surface area contributed by atoms with E-state index in [4.69, 9.17) is 0 Å². The minimum Gasteiger partial charge on any atom is -0.356 e. The van der Waals surface area contributed by atoms with E-state index < -0.39 is 0 Å². The van der Waals surface area contributed by atoms with Gasteiger partial charge in [0.15, 0.2) is 5.96 Å². The Bertz CT molecular complexity index is 435. The lowest BCUT2D eigenvalue weighted by atomic mass is 10.2. The van der Waals surface area contributed by atoms with Gasteiger partial charge >= 0.3 is 0 Å². The third-order valence-electron chi connectivity index (χ3n) is 3.28. The molecule has 1 aliphatic heterocycles. The van der Waals surface area contributed by atoms with Crippen molar-refractivity contribution in [3.05, 3.63) is 23.8 Å². The Hall–Kier alpha value is -1.65. The molecule has 1 saturated carbocycles. The van der Waals surface area contributed by atoms with Crippen LogP contribution in [0.3, 0.4) is 0 Å². The fourth-order valence-corrected chi connectivity index (χ4v) is 2.03. The molecule has 3 rings (SSSR count). The third-order valence-corrected chi connectivity index (χ3v) is 3.28. The van der Waals surface area contributed by atoms with Crippen molar-refractivity contribution >= 4 is 5.96 Å². The summed E-state index contributed by atoms with van der Waals surface area (Å²) in [5, 5.41) is 6.57. The van der Waals surface area contributed by atoms with Crippen LogP contribution in [0.25, 0.3) is 0 Å². The molecule has 2 heterocycles. The van der Waals surface area contributed by atoms with Crippen molar-refractivity contribution in [2.45, 2.75) is 38.1 Å². The Morgan fingerprint density at radius 1 is 1.33 bits per heavy atom. The quantitative estimate of drug-likeness (QED) is 0.825. The van der Waals surface area contributed by atoms with Gasteiger partial charge in [-0.05, 0) is 31.7 Å². The maximum atomic E-state index is 4.42. The van der Waals surface area contributed by atoms with Crippen LogP contribution in [0.4, 0.5) is 0 Å². The highest BCUT2D eigenvalue weighted by Crippen LogP contribution is 2.37. The van der Waals surface area contributed by atoms with Crippen LogP contribution in [0.15, 0.2) is 17.4 Å². The molecule has 1 aromatic heterocycles. The minimum atomic E-state index is 0.452. The number of nitrogens with zero attached hydrogens (tertiary/aromatic N) is 3. The first-order valence-electron chi connectivity index (χ1n) is 6.67. The molecule has 96 valence electrons. The summed E-state index contributed by atoms with van der Waals surface area (Å²) in [6.07, 6.45) is 7.35. The van der Waals surface area contributed by atoms with Gasteiger partial charge in [-0.15, -0.1) is 0 Å². The number of hydrogen-bond donors (Lipinski definition) is 2. The first-order valence-corrected chi connectivity index (χ1v) is 6.67. The molecule has 2 aliphatic rings. The van der Waals surface area contributed by atoms with Gasteiger partial charge in [-0.3, -0.25) is 4.99 Å². The van der Waals surface area contributed by atoms with E-state index in [2.05, 4.69) is 32.5 Å². The summed E-state index contributed by atoms with van der Waals surface area (Å²) in [7, 11) is 0. The lowest BCUT2D eigenvalue weighted by Crippen LogP contribution is -2.38. The van der Waals surface area contributed by atoms with Crippen LogP contribution in [0, 0.1) is 0 Å². The fourth-order valence-electron chi connectivity index (χ4n) is 2.03. The number of hydrogen-bond acceptors (Lipinski definition) is 5. The van der Waals surface area contributed by atoms with E-state index in [1.165, 1.54) is 18.4 Å². The monoisotopic (exact) mass is 245 g/mol. The van der Waals surface area contributed by atoms with E-state index in [9.17, 15) is 0 Å². The zero-order valence-corrected chi connectivity index (χ0v) is 10.7. The Morgan fingerprint density at radius 2 is 2.11 bits per heavy atom. The first-order chi connectivity index (χ1) is 8.81. The van der Waals surface area contributed by atoms with Gasteiger partial charge in [-0.2, -0.15) is 0 Å². The van der Waals surface area contributed by atoms with E-state index in [0.717, 1.165) is 31.3 Å². The van der Waals surface area contributed by atoms with Crippen LogP contribution in [0.2, 0.25) is 0 Å². The van der Waals surface area contributed by atoms with Crippen molar-refractivity contribution in [2.24, 2.45) is 4.99 Å². The highest BCUT2D eigenvalue weighted by atomic mass is 15.2. The van der Waals surface area contributed by atoms with Gasteiger partial charge in [0.1, 0.15) is 5.82 Å². The normalized spacial score (nSPS) is 22.5. The molecule has 1 aliphatic carbocycles. The topological polar surface area (TPSA) is 62.2 Å². The van der Waals surface area contributed by atoms with Gasteiger partial charge in [0.05, 0.1) is 6.54 Å². The smallest absolute Gasteiger partial charge is 0.191 e. The van der Waals surface area contributed by atoms with Gasteiger partial charge in [-0.1, -0.05) is 0 Å². The summed E-state index contributed by atoms with van der Waals surface area (Å²) in [4.78, 5) is 13.2. The molecule has 1 aromatic rings. The second-order valence-corrected chi connectivity index (χ2v) is 5.14. The van der Waals surface area contributed by atoms with Crippen molar-refractivity contribution in [3.63, 3.8) is 0 Å². The van der Waals surface area contributed by atoms with Crippen LogP contribution >= 0.6 is 0 Å². The van der Waals surface area contributed by atoms with Crippen molar-refractivity contribution in [1.82, 2.24) is 20.6 Å². The number of rotatable bonds is 4. The number of aliphatic imine (C=N–C) groups is 1. The SMILES string of the molecule is CC1CN=C(NCCc2cnc(C3CC3)nc2)N1. The molecule has 0 radical (unpaired) electrons. The van der Waals surface area contributed by atoms with Crippen molar-refractivity contribution in [3.8, 4) is 0 Å². The summed E-state index contributed by atoms with van der Waals surface area (Å²) in [5.41, 5.74) is 1.18.